The van der Waals surface area contributed by atoms with Crippen molar-refractivity contribution in [2.75, 3.05) is 0 Å². The molecule has 3 unspecified atom stereocenters. The van der Waals surface area contributed by atoms with Crippen LogP contribution in [-0.4, -0.2) is 17.7 Å². The minimum Gasteiger partial charge on any atom is -0.366 e. The molecular weight excluding hydrogens is 210 g/mol. The molecule has 4 aliphatic rings. The fraction of sp³-hybridized carbons (Fsp3) is 1.00. The van der Waals surface area contributed by atoms with Gasteiger partial charge in [0.1, 0.15) is 0 Å². The summed E-state index contributed by atoms with van der Waals surface area (Å²) in [5.74, 6) is 3.58. The van der Waals surface area contributed by atoms with Crippen molar-refractivity contribution in [1.82, 2.24) is 0 Å². The maximum atomic E-state index is 6.50. The predicted molar refractivity (Wildman–Crippen MR) is 67.5 cm³/mol. The summed E-state index contributed by atoms with van der Waals surface area (Å²) in [6.07, 6.45) is 5.71. The molecule has 17 heavy (non-hydrogen) atoms. The lowest BCUT2D eigenvalue weighted by atomic mass is 9.71. The second-order valence-electron chi connectivity index (χ2n) is 7.66. The third kappa shape index (κ3) is 1.14. The van der Waals surface area contributed by atoms with Crippen LogP contribution in [0.15, 0.2) is 0 Å². The van der Waals surface area contributed by atoms with Gasteiger partial charge >= 0.3 is 0 Å². The molecule has 1 aliphatic heterocycles. The van der Waals surface area contributed by atoms with Crippen LogP contribution < -0.4 is 5.73 Å². The molecule has 0 aromatic carbocycles. The highest BCUT2D eigenvalue weighted by Gasteiger charge is 2.78. The highest BCUT2D eigenvalue weighted by molar-refractivity contribution is 5.27. The number of epoxide rings is 1. The first-order valence-corrected chi connectivity index (χ1v) is 7.42. The Kier molecular flexibility index (Phi) is 1.85. The molecule has 0 bridgehead atoms. The van der Waals surface area contributed by atoms with Gasteiger partial charge in [-0.3, -0.25) is 0 Å². The fourth-order valence-electron chi connectivity index (χ4n) is 5.60. The van der Waals surface area contributed by atoms with Crippen molar-refractivity contribution >= 4 is 0 Å². The fourth-order valence-corrected chi connectivity index (χ4v) is 5.60. The summed E-state index contributed by atoms with van der Waals surface area (Å²) in [5.41, 5.74) is 7.23. The van der Waals surface area contributed by atoms with Gasteiger partial charge in [0.2, 0.25) is 0 Å². The lowest BCUT2D eigenvalue weighted by Gasteiger charge is -2.36. The topological polar surface area (TPSA) is 38.5 Å². The van der Waals surface area contributed by atoms with Crippen LogP contribution >= 0.6 is 0 Å². The molecule has 1 spiro atoms. The van der Waals surface area contributed by atoms with E-state index in [0.29, 0.717) is 17.6 Å². The molecular formula is C15H25NO. The molecule has 0 amide bonds. The lowest BCUT2D eigenvalue weighted by Crippen LogP contribution is -2.42. The number of hydrogen-bond acceptors (Lipinski definition) is 2. The number of rotatable bonds is 1. The van der Waals surface area contributed by atoms with Crippen molar-refractivity contribution < 1.29 is 4.74 Å². The standard InChI is InChI=1S/C15H25NO/c1-8(2)9-4-5-11(16)15-7-12-14(3,17-12)6-10(15)13(9)15/h8-13H,4-7,16H2,1-3H3/t9-,10?,11+,12?,13?,14+,15+/m1/s1. The number of fused-ring (bicyclic) bond motifs is 2. The van der Waals surface area contributed by atoms with Crippen molar-refractivity contribution in [1.29, 1.82) is 0 Å². The lowest BCUT2D eigenvalue weighted by molar-refractivity contribution is 0.161. The first-order valence-electron chi connectivity index (χ1n) is 7.42. The molecule has 2 nitrogen and oxygen atoms in total. The van der Waals surface area contributed by atoms with Crippen LogP contribution in [0.4, 0.5) is 0 Å². The quantitative estimate of drug-likeness (QED) is 0.709. The van der Waals surface area contributed by atoms with Gasteiger partial charge in [-0.2, -0.15) is 0 Å². The number of ether oxygens (including phenoxy) is 1. The Morgan fingerprint density at radius 3 is 2.71 bits per heavy atom. The maximum absolute atomic E-state index is 6.50. The summed E-state index contributed by atoms with van der Waals surface area (Å²) in [7, 11) is 0. The smallest absolute Gasteiger partial charge is 0.0923 e. The molecule has 3 aliphatic carbocycles. The van der Waals surface area contributed by atoms with E-state index in [1.165, 1.54) is 25.7 Å². The minimum atomic E-state index is 0.245. The van der Waals surface area contributed by atoms with Gasteiger partial charge in [0.15, 0.2) is 0 Å². The molecule has 4 rings (SSSR count). The van der Waals surface area contributed by atoms with E-state index in [-0.39, 0.29) is 5.60 Å². The summed E-state index contributed by atoms with van der Waals surface area (Å²) in [6.45, 7) is 7.11. The van der Waals surface area contributed by atoms with E-state index in [2.05, 4.69) is 20.8 Å². The third-order valence-corrected chi connectivity index (χ3v) is 6.65. The zero-order chi connectivity index (χ0) is 12.0. The first kappa shape index (κ1) is 10.8. The summed E-state index contributed by atoms with van der Waals surface area (Å²) < 4.78 is 5.90. The molecule has 4 fully saturated rings. The Hall–Kier alpha value is -0.0800. The largest absolute Gasteiger partial charge is 0.366 e. The zero-order valence-corrected chi connectivity index (χ0v) is 11.3. The van der Waals surface area contributed by atoms with Gasteiger partial charge in [-0.1, -0.05) is 13.8 Å². The van der Waals surface area contributed by atoms with E-state index >= 15 is 0 Å². The summed E-state index contributed by atoms with van der Waals surface area (Å²) in [4.78, 5) is 0. The van der Waals surface area contributed by atoms with Crippen molar-refractivity contribution in [2.45, 2.75) is 64.2 Å². The van der Waals surface area contributed by atoms with E-state index in [0.717, 1.165) is 23.7 Å². The van der Waals surface area contributed by atoms with E-state index < -0.39 is 0 Å². The van der Waals surface area contributed by atoms with E-state index in [9.17, 15) is 0 Å². The molecule has 2 heteroatoms. The van der Waals surface area contributed by atoms with Crippen LogP contribution in [0.25, 0.3) is 0 Å². The average molecular weight is 235 g/mol. The maximum Gasteiger partial charge on any atom is 0.0923 e. The molecule has 0 aromatic heterocycles. The van der Waals surface area contributed by atoms with Crippen LogP contribution in [0.2, 0.25) is 0 Å². The van der Waals surface area contributed by atoms with E-state index in [4.69, 9.17) is 10.5 Å². The van der Waals surface area contributed by atoms with Gasteiger partial charge in [0.05, 0.1) is 11.7 Å². The second-order valence-corrected chi connectivity index (χ2v) is 7.66. The number of hydrogen-bond donors (Lipinski definition) is 1. The Balaban J connectivity index is 1.65. The Bertz CT molecular complexity index is 368. The average Bonchev–Trinajstić information content (AvgIpc) is 3.07. The van der Waals surface area contributed by atoms with Crippen LogP contribution in [-0.2, 0) is 4.74 Å². The molecule has 0 radical (unpaired) electrons. The van der Waals surface area contributed by atoms with Crippen LogP contribution in [0.3, 0.4) is 0 Å². The van der Waals surface area contributed by atoms with Gasteiger partial charge in [-0.15, -0.1) is 0 Å². The van der Waals surface area contributed by atoms with Crippen molar-refractivity contribution in [3.63, 3.8) is 0 Å². The Morgan fingerprint density at radius 1 is 1.24 bits per heavy atom. The highest BCUT2D eigenvalue weighted by atomic mass is 16.6. The normalized spacial score (nSPS) is 63.7. The molecule has 3 saturated carbocycles. The number of nitrogens with two attached hydrogens (primary N) is 1. The second kappa shape index (κ2) is 2.91. The Morgan fingerprint density at radius 2 is 2.00 bits per heavy atom. The monoisotopic (exact) mass is 235 g/mol. The van der Waals surface area contributed by atoms with Gasteiger partial charge in [-0.25, -0.2) is 0 Å². The van der Waals surface area contributed by atoms with Crippen molar-refractivity contribution in [3.8, 4) is 0 Å². The third-order valence-electron chi connectivity index (χ3n) is 6.65. The molecule has 1 heterocycles. The molecule has 1 saturated heterocycles. The summed E-state index contributed by atoms with van der Waals surface area (Å²) in [6, 6.07) is 0.459. The van der Waals surface area contributed by atoms with Crippen molar-refractivity contribution in [3.05, 3.63) is 0 Å². The SMILES string of the molecule is CC(C)[C@H]1CC[C@H](N)[C@]23CC4O[C@@]4(C)CC2C13. The summed E-state index contributed by atoms with van der Waals surface area (Å²) in [5, 5.41) is 0. The minimum absolute atomic E-state index is 0.245. The molecule has 2 N–H and O–H groups in total. The van der Waals surface area contributed by atoms with Crippen LogP contribution in [0.1, 0.15) is 46.5 Å². The van der Waals surface area contributed by atoms with E-state index in [1.54, 1.807) is 0 Å². The van der Waals surface area contributed by atoms with Gasteiger partial charge in [0.25, 0.3) is 0 Å². The molecule has 7 atom stereocenters. The molecule has 96 valence electrons. The van der Waals surface area contributed by atoms with Crippen LogP contribution in [0.5, 0.6) is 0 Å². The zero-order valence-electron chi connectivity index (χ0n) is 11.3. The van der Waals surface area contributed by atoms with Gasteiger partial charge in [-0.05, 0) is 61.7 Å². The van der Waals surface area contributed by atoms with E-state index in [1.807, 2.05) is 0 Å². The summed E-state index contributed by atoms with van der Waals surface area (Å²) >= 11 is 0. The van der Waals surface area contributed by atoms with Gasteiger partial charge < -0.3 is 10.5 Å². The first-order chi connectivity index (χ1) is 7.99. The van der Waals surface area contributed by atoms with Gasteiger partial charge in [0, 0.05) is 6.04 Å². The Labute approximate surface area is 104 Å². The predicted octanol–water partition coefficient (Wildman–Crippen LogP) is 2.56. The highest BCUT2D eigenvalue weighted by Crippen LogP contribution is 2.78. The van der Waals surface area contributed by atoms with Crippen molar-refractivity contribution in [2.24, 2.45) is 34.8 Å². The molecule has 0 aromatic rings. The van der Waals surface area contributed by atoms with Crippen LogP contribution in [0, 0.1) is 29.1 Å².